The zero-order valence-corrected chi connectivity index (χ0v) is 23.7. The summed E-state index contributed by atoms with van der Waals surface area (Å²) in [4.78, 5) is 19.1. The number of aromatic nitrogens is 1. The number of carbonyl (C=O) groups is 1. The number of rotatable bonds is 11. The highest BCUT2D eigenvalue weighted by molar-refractivity contribution is 7.92. The predicted molar refractivity (Wildman–Crippen MR) is 153 cm³/mol. The van der Waals surface area contributed by atoms with Crippen LogP contribution >= 0.6 is 0 Å². The van der Waals surface area contributed by atoms with Crippen molar-refractivity contribution in [2.24, 2.45) is 5.92 Å². The number of aryl methyl sites for hydroxylation is 1. The summed E-state index contributed by atoms with van der Waals surface area (Å²) in [6, 6.07) is 18.2. The Balaban J connectivity index is 1.62. The molecule has 0 unspecified atom stereocenters. The molecule has 10 heteroatoms. The molecule has 0 fully saturated rings. The topological polar surface area (TPSA) is 129 Å². The lowest BCUT2D eigenvalue weighted by Gasteiger charge is -2.42. The molecule has 0 bridgehead atoms. The van der Waals surface area contributed by atoms with E-state index >= 15 is 0 Å². The number of benzene rings is 2. The van der Waals surface area contributed by atoms with Crippen LogP contribution in [0.2, 0.25) is 0 Å². The van der Waals surface area contributed by atoms with E-state index in [0.717, 1.165) is 5.56 Å². The predicted octanol–water partition coefficient (Wildman–Crippen LogP) is 5.55. The number of sulfonamides is 1. The number of nitrogens with one attached hydrogen (secondary N) is 1. The van der Waals surface area contributed by atoms with Gasteiger partial charge in [0.25, 0.3) is 10.0 Å². The van der Waals surface area contributed by atoms with E-state index in [9.17, 15) is 23.4 Å². The third-order valence-corrected chi connectivity index (χ3v) is 8.39. The van der Waals surface area contributed by atoms with E-state index < -0.39 is 21.6 Å². The number of pyridine rings is 1. The summed E-state index contributed by atoms with van der Waals surface area (Å²) in [7, 11) is -3.92. The molecule has 1 atom stereocenters. The minimum absolute atomic E-state index is 0.0486. The third-order valence-electron chi connectivity index (χ3n) is 7.09. The summed E-state index contributed by atoms with van der Waals surface area (Å²) in [5.74, 6) is -0.581. The van der Waals surface area contributed by atoms with Crippen LogP contribution in [0.3, 0.4) is 0 Å². The Labute approximate surface area is 235 Å². The number of aliphatic hydroxyl groups excluding tert-OH is 1. The number of nitrogens with zero attached hydrogens (tertiary/aromatic N) is 2. The summed E-state index contributed by atoms with van der Waals surface area (Å²) in [5, 5.41) is 20.8. The number of aliphatic hydroxyl groups is 1. The lowest BCUT2D eigenvalue weighted by atomic mass is 9.79. The zero-order chi connectivity index (χ0) is 28.9. The molecule has 4 rings (SSSR count). The van der Waals surface area contributed by atoms with Gasteiger partial charge in [-0.25, -0.2) is 9.78 Å². The number of phenolic OH excluding ortho intramolecular Hbond substituents is 1. The van der Waals surface area contributed by atoms with Gasteiger partial charge >= 0.3 is 5.97 Å². The molecule has 0 spiro atoms. The van der Waals surface area contributed by atoms with Crippen LogP contribution < -0.4 is 9.62 Å². The van der Waals surface area contributed by atoms with Crippen LogP contribution in [-0.4, -0.2) is 41.7 Å². The first-order chi connectivity index (χ1) is 19.0. The molecule has 1 aliphatic rings. The summed E-state index contributed by atoms with van der Waals surface area (Å²) < 4.78 is 34.3. The minimum atomic E-state index is -3.92. The van der Waals surface area contributed by atoms with Crippen LogP contribution in [-0.2, 0) is 26.0 Å². The average molecular weight is 566 g/mol. The van der Waals surface area contributed by atoms with Crippen molar-refractivity contribution < 1.29 is 28.2 Å². The van der Waals surface area contributed by atoms with Gasteiger partial charge in [-0.15, -0.1) is 0 Å². The Morgan fingerprint density at radius 2 is 1.82 bits per heavy atom. The lowest BCUT2D eigenvalue weighted by Crippen LogP contribution is -2.47. The van der Waals surface area contributed by atoms with Crippen molar-refractivity contribution >= 4 is 27.4 Å². The first kappa shape index (κ1) is 28.9. The molecule has 1 aliphatic heterocycles. The zero-order valence-electron chi connectivity index (χ0n) is 22.9. The van der Waals surface area contributed by atoms with Gasteiger partial charge in [-0.1, -0.05) is 45.0 Å². The van der Waals surface area contributed by atoms with Gasteiger partial charge in [-0.3, -0.25) is 4.72 Å². The van der Waals surface area contributed by atoms with E-state index in [4.69, 9.17) is 4.74 Å². The highest BCUT2D eigenvalue weighted by Gasteiger charge is 2.45. The first-order valence-electron chi connectivity index (χ1n) is 13.3. The standard InChI is InChI=1S/C30H35N3O6S/c1-4-18-33(24-9-7-8-23(19-24)32-40(37,38)27-10-5-6-17-31-27)28-26(35)20-30(21(2)3,39-29(28)36)16-15-22-11-13-25(34)14-12-22/h5-14,17,19,21,32,34-35H,4,15-16,18,20H2,1-3H3/t30-/m0/s1. The van der Waals surface area contributed by atoms with Crippen molar-refractivity contribution in [1.29, 1.82) is 0 Å². The van der Waals surface area contributed by atoms with Crippen LogP contribution in [0.25, 0.3) is 0 Å². The van der Waals surface area contributed by atoms with E-state index in [-0.39, 0.29) is 34.6 Å². The Hall–Kier alpha value is -4.05. The molecule has 1 aromatic heterocycles. The first-order valence-corrected chi connectivity index (χ1v) is 14.8. The quantitative estimate of drug-likeness (QED) is 0.258. The number of carbonyl (C=O) groups excluding carboxylic acids is 1. The maximum absolute atomic E-state index is 13.5. The number of phenols is 1. The molecular weight excluding hydrogens is 530 g/mol. The van der Waals surface area contributed by atoms with Crippen molar-refractivity contribution in [2.75, 3.05) is 16.2 Å². The van der Waals surface area contributed by atoms with E-state index in [2.05, 4.69) is 9.71 Å². The molecule has 0 radical (unpaired) electrons. The Kier molecular flexibility index (Phi) is 8.68. The second kappa shape index (κ2) is 12.0. The second-order valence-corrected chi connectivity index (χ2v) is 11.9. The molecule has 9 nitrogen and oxygen atoms in total. The summed E-state index contributed by atoms with van der Waals surface area (Å²) in [5.41, 5.74) is 0.954. The maximum atomic E-state index is 13.5. The smallest absolute Gasteiger partial charge is 0.359 e. The van der Waals surface area contributed by atoms with Gasteiger partial charge in [-0.05, 0) is 73.2 Å². The average Bonchev–Trinajstić information content (AvgIpc) is 2.92. The van der Waals surface area contributed by atoms with Gasteiger partial charge in [-0.2, -0.15) is 8.42 Å². The van der Waals surface area contributed by atoms with Gasteiger partial charge in [0.05, 0.1) is 5.69 Å². The van der Waals surface area contributed by atoms with Crippen molar-refractivity contribution in [3.05, 3.63) is 89.9 Å². The SMILES string of the molecule is CCCN(C1=C(O)C[C@@](CCc2ccc(O)cc2)(C(C)C)OC1=O)c1cccc(NS(=O)(=O)c2ccccn2)c1. The fourth-order valence-electron chi connectivity index (χ4n) is 4.83. The van der Waals surface area contributed by atoms with Gasteiger partial charge in [0.2, 0.25) is 0 Å². The minimum Gasteiger partial charge on any atom is -0.510 e. The fourth-order valence-corrected chi connectivity index (χ4v) is 5.83. The molecule has 212 valence electrons. The Bertz CT molecular complexity index is 1470. The Morgan fingerprint density at radius 1 is 1.07 bits per heavy atom. The molecule has 0 aliphatic carbocycles. The highest BCUT2D eigenvalue weighted by Crippen LogP contribution is 2.40. The number of esters is 1. The summed E-state index contributed by atoms with van der Waals surface area (Å²) >= 11 is 0. The van der Waals surface area contributed by atoms with E-state index in [1.165, 1.54) is 12.3 Å². The third kappa shape index (κ3) is 6.39. The van der Waals surface area contributed by atoms with Crippen molar-refractivity contribution in [3.8, 4) is 5.75 Å². The van der Waals surface area contributed by atoms with Gasteiger partial charge in [0.15, 0.2) is 10.7 Å². The molecule has 0 amide bonds. The number of hydrogen-bond donors (Lipinski definition) is 3. The van der Waals surface area contributed by atoms with Crippen LogP contribution in [0.5, 0.6) is 5.75 Å². The second-order valence-electron chi connectivity index (χ2n) is 10.2. The molecule has 40 heavy (non-hydrogen) atoms. The lowest BCUT2D eigenvalue weighted by molar-refractivity contribution is -0.166. The Morgan fingerprint density at radius 3 is 2.45 bits per heavy atom. The molecule has 3 N–H and O–H groups in total. The largest absolute Gasteiger partial charge is 0.510 e. The number of cyclic esters (lactones) is 1. The number of aromatic hydroxyl groups is 1. The number of anilines is 2. The molecular formula is C30H35N3O6S. The van der Waals surface area contributed by atoms with Gasteiger partial charge < -0.3 is 19.8 Å². The fraction of sp³-hybridized carbons (Fsp3) is 0.333. The van der Waals surface area contributed by atoms with E-state index in [1.54, 1.807) is 53.4 Å². The van der Waals surface area contributed by atoms with Crippen molar-refractivity contribution in [2.45, 2.75) is 57.1 Å². The van der Waals surface area contributed by atoms with Gasteiger partial charge in [0.1, 0.15) is 17.1 Å². The monoisotopic (exact) mass is 565 g/mol. The van der Waals surface area contributed by atoms with Crippen LogP contribution in [0, 0.1) is 5.92 Å². The summed E-state index contributed by atoms with van der Waals surface area (Å²) in [6.45, 7) is 6.27. The molecule has 2 aromatic carbocycles. The van der Waals surface area contributed by atoms with E-state index in [0.29, 0.717) is 37.2 Å². The van der Waals surface area contributed by atoms with Gasteiger partial charge in [0, 0.05) is 24.8 Å². The van der Waals surface area contributed by atoms with Crippen LogP contribution in [0.15, 0.2) is 89.4 Å². The summed E-state index contributed by atoms with van der Waals surface area (Å²) in [6.07, 6.45) is 3.31. The van der Waals surface area contributed by atoms with Crippen LogP contribution in [0.4, 0.5) is 11.4 Å². The van der Waals surface area contributed by atoms with Crippen LogP contribution in [0.1, 0.15) is 45.6 Å². The molecule has 0 saturated heterocycles. The maximum Gasteiger partial charge on any atom is 0.359 e. The number of ether oxygens (including phenoxy) is 1. The van der Waals surface area contributed by atoms with Crippen molar-refractivity contribution in [3.63, 3.8) is 0 Å². The molecule has 0 saturated carbocycles. The molecule has 3 aromatic rings. The highest BCUT2D eigenvalue weighted by atomic mass is 32.2. The normalized spacial score (nSPS) is 17.6. The van der Waals surface area contributed by atoms with Crippen molar-refractivity contribution in [1.82, 2.24) is 4.98 Å². The molecule has 2 heterocycles. The number of hydrogen-bond acceptors (Lipinski definition) is 8. The van der Waals surface area contributed by atoms with E-state index in [1.807, 2.05) is 32.9 Å².